The van der Waals surface area contributed by atoms with Crippen LogP contribution in [0, 0.1) is 5.92 Å². The van der Waals surface area contributed by atoms with Gasteiger partial charge in [-0.25, -0.2) is 4.98 Å². The summed E-state index contributed by atoms with van der Waals surface area (Å²) in [7, 11) is 0. The van der Waals surface area contributed by atoms with Crippen LogP contribution in [-0.4, -0.2) is 9.55 Å². The van der Waals surface area contributed by atoms with Crippen LogP contribution >= 0.6 is 0 Å². The SMILES string of the molecule is CC[C@H](C)n1c([C@H](C)c2ccc(CC(C)C)cc2)nc2ccccc21. The Balaban J connectivity index is 2.00. The highest BCUT2D eigenvalue weighted by Gasteiger charge is 2.20. The van der Waals surface area contributed by atoms with Crippen molar-refractivity contribution in [3.8, 4) is 0 Å². The smallest absolute Gasteiger partial charge is 0.117 e. The molecule has 0 N–H and O–H groups in total. The van der Waals surface area contributed by atoms with Gasteiger partial charge in [0.05, 0.1) is 11.0 Å². The molecule has 2 heteroatoms. The fourth-order valence-electron chi connectivity index (χ4n) is 3.58. The number of rotatable bonds is 6. The summed E-state index contributed by atoms with van der Waals surface area (Å²) in [6, 6.07) is 18.1. The Morgan fingerprint density at radius 3 is 2.24 bits per heavy atom. The van der Waals surface area contributed by atoms with Crippen molar-refractivity contribution in [1.29, 1.82) is 0 Å². The molecule has 2 aromatic carbocycles. The van der Waals surface area contributed by atoms with Crippen molar-refractivity contribution in [2.75, 3.05) is 0 Å². The molecule has 3 rings (SSSR count). The molecule has 0 saturated carbocycles. The van der Waals surface area contributed by atoms with E-state index in [1.165, 1.54) is 22.5 Å². The van der Waals surface area contributed by atoms with Crippen molar-refractivity contribution < 1.29 is 0 Å². The van der Waals surface area contributed by atoms with Gasteiger partial charge in [0.1, 0.15) is 5.82 Å². The molecule has 0 spiro atoms. The number of hydrogen-bond acceptors (Lipinski definition) is 1. The van der Waals surface area contributed by atoms with Gasteiger partial charge < -0.3 is 4.57 Å². The first-order valence-corrected chi connectivity index (χ1v) is 9.57. The van der Waals surface area contributed by atoms with E-state index in [1.807, 2.05) is 0 Å². The van der Waals surface area contributed by atoms with Crippen molar-refractivity contribution in [1.82, 2.24) is 9.55 Å². The molecule has 132 valence electrons. The van der Waals surface area contributed by atoms with Crippen molar-refractivity contribution >= 4 is 11.0 Å². The topological polar surface area (TPSA) is 17.8 Å². The summed E-state index contributed by atoms with van der Waals surface area (Å²) in [6.07, 6.45) is 2.24. The summed E-state index contributed by atoms with van der Waals surface area (Å²) in [4.78, 5) is 4.99. The molecule has 0 aliphatic heterocycles. The number of para-hydroxylation sites is 2. The first-order valence-electron chi connectivity index (χ1n) is 9.57. The molecular formula is C23H30N2. The summed E-state index contributed by atoms with van der Waals surface area (Å²) in [6.45, 7) is 11.3. The van der Waals surface area contributed by atoms with Gasteiger partial charge in [0, 0.05) is 12.0 Å². The number of imidazole rings is 1. The van der Waals surface area contributed by atoms with Gasteiger partial charge in [-0.3, -0.25) is 0 Å². The molecule has 0 saturated heterocycles. The van der Waals surface area contributed by atoms with E-state index in [9.17, 15) is 0 Å². The van der Waals surface area contributed by atoms with Crippen LogP contribution in [-0.2, 0) is 6.42 Å². The minimum absolute atomic E-state index is 0.287. The van der Waals surface area contributed by atoms with E-state index in [2.05, 4.69) is 87.7 Å². The maximum absolute atomic E-state index is 4.99. The van der Waals surface area contributed by atoms with Gasteiger partial charge >= 0.3 is 0 Å². The second-order valence-corrected chi connectivity index (χ2v) is 7.65. The molecule has 0 unspecified atom stereocenters. The Morgan fingerprint density at radius 1 is 0.920 bits per heavy atom. The van der Waals surface area contributed by atoms with Crippen LogP contribution in [0.2, 0.25) is 0 Å². The summed E-state index contributed by atoms with van der Waals surface area (Å²) in [5, 5.41) is 0. The quantitative estimate of drug-likeness (QED) is 0.513. The highest BCUT2D eigenvalue weighted by atomic mass is 15.1. The molecule has 1 aromatic heterocycles. The largest absolute Gasteiger partial charge is 0.325 e. The average Bonchev–Trinajstić information content (AvgIpc) is 3.00. The Kier molecular flexibility index (Phi) is 5.27. The lowest BCUT2D eigenvalue weighted by Gasteiger charge is -2.20. The van der Waals surface area contributed by atoms with Gasteiger partial charge in [0.25, 0.3) is 0 Å². The maximum Gasteiger partial charge on any atom is 0.117 e. The third-order valence-electron chi connectivity index (χ3n) is 5.17. The van der Waals surface area contributed by atoms with Crippen molar-refractivity contribution in [3.05, 3.63) is 65.5 Å². The molecule has 0 aliphatic rings. The van der Waals surface area contributed by atoms with Crippen LogP contribution in [0.3, 0.4) is 0 Å². The molecule has 3 aromatic rings. The monoisotopic (exact) mass is 334 g/mol. The molecule has 1 heterocycles. The van der Waals surface area contributed by atoms with Crippen LogP contribution in [0.15, 0.2) is 48.5 Å². The zero-order valence-corrected chi connectivity index (χ0v) is 16.2. The Morgan fingerprint density at radius 2 is 1.60 bits per heavy atom. The lowest BCUT2D eigenvalue weighted by Crippen LogP contribution is -2.12. The van der Waals surface area contributed by atoms with Crippen LogP contribution in [0.1, 0.15) is 70.0 Å². The number of hydrogen-bond donors (Lipinski definition) is 0. The van der Waals surface area contributed by atoms with Crippen molar-refractivity contribution in [2.45, 2.75) is 59.4 Å². The Bertz CT molecular complexity index is 827. The van der Waals surface area contributed by atoms with Gasteiger partial charge in [0.15, 0.2) is 0 Å². The lowest BCUT2D eigenvalue weighted by atomic mass is 9.96. The maximum atomic E-state index is 4.99. The highest BCUT2D eigenvalue weighted by molar-refractivity contribution is 5.76. The normalized spacial score (nSPS) is 14.2. The molecule has 0 fully saturated rings. The fourth-order valence-corrected chi connectivity index (χ4v) is 3.58. The second-order valence-electron chi connectivity index (χ2n) is 7.65. The zero-order chi connectivity index (χ0) is 18.0. The van der Waals surface area contributed by atoms with Gasteiger partial charge in [-0.05, 0) is 48.9 Å². The summed E-state index contributed by atoms with van der Waals surface area (Å²) >= 11 is 0. The van der Waals surface area contributed by atoms with E-state index in [4.69, 9.17) is 4.98 Å². The first kappa shape index (κ1) is 17.7. The van der Waals surface area contributed by atoms with E-state index < -0.39 is 0 Å². The molecular weight excluding hydrogens is 304 g/mol. The Labute approximate surface area is 151 Å². The molecule has 0 radical (unpaired) electrons. The summed E-state index contributed by atoms with van der Waals surface area (Å²) in [5.74, 6) is 2.15. The van der Waals surface area contributed by atoms with Gasteiger partial charge in [-0.1, -0.05) is 64.1 Å². The van der Waals surface area contributed by atoms with E-state index in [1.54, 1.807) is 0 Å². The average molecular weight is 335 g/mol. The zero-order valence-electron chi connectivity index (χ0n) is 16.2. The minimum Gasteiger partial charge on any atom is -0.325 e. The number of benzene rings is 2. The van der Waals surface area contributed by atoms with E-state index in [0.29, 0.717) is 12.0 Å². The summed E-state index contributed by atoms with van der Waals surface area (Å²) in [5.41, 5.74) is 5.10. The summed E-state index contributed by atoms with van der Waals surface area (Å²) < 4.78 is 2.43. The molecule has 25 heavy (non-hydrogen) atoms. The minimum atomic E-state index is 0.287. The van der Waals surface area contributed by atoms with Crippen LogP contribution in [0.4, 0.5) is 0 Å². The number of aromatic nitrogens is 2. The number of fused-ring (bicyclic) bond motifs is 1. The van der Waals surface area contributed by atoms with Crippen molar-refractivity contribution in [2.24, 2.45) is 5.92 Å². The predicted molar refractivity (Wildman–Crippen MR) is 107 cm³/mol. The third kappa shape index (κ3) is 3.63. The van der Waals surface area contributed by atoms with Crippen LogP contribution in [0.5, 0.6) is 0 Å². The molecule has 2 nitrogen and oxygen atoms in total. The molecule has 0 aliphatic carbocycles. The predicted octanol–water partition coefficient (Wildman–Crippen LogP) is 6.36. The van der Waals surface area contributed by atoms with Crippen LogP contribution < -0.4 is 0 Å². The van der Waals surface area contributed by atoms with Gasteiger partial charge in [-0.15, -0.1) is 0 Å². The van der Waals surface area contributed by atoms with Gasteiger partial charge in [0.2, 0.25) is 0 Å². The van der Waals surface area contributed by atoms with Gasteiger partial charge in [-0.2, -0.15) is 0 Å². The second kappa shape index (κ2) is 7.43. The number of nitrogens with zero attached hydrogens (tertiary/aromatic N) is 2. The highest BCUT2D eigenvalue weighted by Crippen LogP contribution is 2.31. The van der Waals surface area contributed by atoms with Crippen molar-refractivity contribution in [3.63, 3.8) is 0 Å². The first-order chi connectivity index (χ1) is 12.0. The molecule has 0 amide bonds. The van der Waals surface area contributed by atoms with E-state index in [0.717, 1.165) is 18.4 Å². The lowest BCUT2D eigenvalue weighted by molar-refractivity contribution is 0.514. The standard InChI is InChI=1S/C23H30N2/c1-6-17(4)25-22-10-8-7-9-21(22)24-23(25)18(5)20-13-11-19(12-14-20)15-16(2)3/h7-14,16-18H,6,15H2,1-5H3/t17-,18+/m0/s1. The van der Waals surface area contributed by atoms with E-state index in [-0.39, 0.29) is 5.92 Å². The third-order valence-corrected chi connectivity index (χ3v) is 5.17. The molecule has 0 bridgehead atoms. The van der Waals surface area contributed by atoms with E-state index >= 15 is 0 Å². The fraction of sp³-hybridized carbons (Fsp3) is 0.435. The van der Waals surface area contributed by atoms with Crippen LogP contribution in [0.25, 0.3) is 11.0 Å². The molecule has 2 atom stereocenters. The Hall–Kier alpha value is -2.09.